The Morgan fingerprint density at radius 2 is 2.05 bits per heavy atom. The fourth-order valence-electron chi connectivity index (χ4n) is 2.75. The highest BCUT2D eigenvalue weighted by Gasteiger charge is 2.19. The Morgan fingerprint density at radius 1 is 1.15 bits per heavy atom. The van der Waals surface area contributed by atoms with Crippen LogP contribution >= 0.6 is 0 Å². The molecule has 0 aliphatic carbocycles. The van der Waals surface area contributed by atoms with E-state index in [0.717, 1.165) is 17.7 Å². The van der Waals surface area contributed by atoms with E-state index < -0.39 is 0 Å². The molecule has 3 rings (SSSR count). The Bertz CT molecular complexity index is 712. The predicted molar refractivity (Wildman–Crippen MR) is 80.7 cm³/mol. The van der Waals surface area contributed by atoms with E-state index in [0.29, 0.717) is 0 Å². The third kappa shape index (κ3) is 2.10. The van der Waals surface area contributed by atoms with Crippen LogP contribution in [0.25, 0.3) is 10.9 Å². The van der Waals surface area contributed by atoms with Crippen LogP contribution < -0.4 is 5.32 Å². The predicted octanol–water partition coefficient (Wildman–Crippen LogP) is 3.70. The van der Waals surface area contributed by atoms with Crippen molar-refractivity contribution in [3.05, 3.63) is 65.7 Å². The molecule has 0 fully saturated rings. The SMILES string of the molecule is CCc1occc1C(NC)c1cccc2ncccc12. The molecule has 3 heteroatoms. The van der Waals surface area contributed by atoms with Gasteiger partial charge in [-0.05, 0) is 30.8 Å². The van der Waals surface area contributed by atoms with Crippen molar-refractivity contribution in [2.75, 3.05) is 7.05 Å². The summed E-state index contributed by atoms with van der Waals surface area (Å²) >= 11 is 0. The topological polar surface area (TPSA) is 38.1 Å². The van der Waals surface area contributed by atoms with Gasteiger partial charge in [0.15, 0.2) is 0 Å². The number of furan rings is 1. The number of rotatable bonds is 4. The van der Waals surface area contributed by atoms with E-state index in [1.807, 2.05) is 25.4 Å². The van der Waals surface area contributed by atoms with Gasteiger partial charge in [0.25, 0.3) is 0 Å². The van der Waals surface area contributed by atoms with Crippen molar-refractivity contribution < 1.29 is 4.42 Å². The van der Waals surface area contributed by atoms with Gasteiger partial charge < -0.3 is 9.73 Å². The van der Waals surface area contributed by atoms with Crippen molar-refractivity contribution in [2.24, 2.45) is 0 Å². The molecular formula is C17H18N2O. The summed E-state index contributed by atoms with van der Waals surface area (Å²) in [6.45, 7) is 2.11. The van der Waals surface area contributed by atoms with Crippen LogP contribution in [0.4, 0.5) is 0 Å². The van der Waals surface area contributed by atoms with Crippen LogP contribution in [0.1, 0.15) is 29.9 Å². The first-order valence-electron chi connectivity index (χ1n) is 6.92. The minimum atomic E-state index is 0.122. The number of pyridine rings is 1. The molecule has 1 atom stereocenters. The maximum atomic E-state index is 5.57. The highest BCUT2D eigenvalue weighted by atomic mass is 16.3. The average Bonchev–Trinajstić information content (AvgIpc) is 2.97. The van der Waals surface area contributed by atoms with E-state index in [1.165, 1.54) is 16.5 Å². The lowest BCUT2D eigenvalue weighted by Gasteiger charge is -2.18. The molecule has 2 heterocycles. The molecule has 1 N–H and O–H groups in total. The fraction of sp³-hybridized carbons (Fsp3) is 0.235. The standard InChI is InChI=1S/C17H18N2O/c1-3-16-14(9-11-20-16)17(18-2)13-6-4-8-15-12(13)7-5-10-19-15/h4-11,17-18H,3H2,1-2H3. The van der Waals surface area contributed by atoms with Gasteiger partial charge in [-0.3, -0.25) is 4.98 Å². The number of aryl methyl sites for hydroxylation is 1. The van der Waals surface area contributed by atoms with Gasteiger partial charge in [-0.2, -0.15) is 0 Å². The molecule has 3 aromatic rings. The Morgan fingerprint density at radius 3 is 2.85 bits per heavy atom. The van der Waals surface area contributed by atoms with Gasteiger partial charge in [-0.15, -0.1) is 0 Å². The van der Waals surface area contributed by atoms with Crippen molar-refractivity contribution >= 4 is 10.9 Å². The Labute approximate surface area is 118 Å². The number of hydrogen-bond acceptors (Lipinski definition) is 3. The summed E-state index contributed by atoms with van der Waals surface area (Å²) < 4.78 is 5.57. The van der Waals surface area contributed by atoms with Crippen LogP contribution in [0.3, 0.4) is 0 Å². The van der Waals surface area contributed by atoms with E-state index in [1.54, 1.807) is 6.26 Å². The van der Waals surface area contributed by atoms with Crippen LogP contribution in [0, 0.1) is 0 Å². The zero-order valence-corrected chi connectivity index (χ0v) is 11.8. The third-order valence-electron chi connectivity index (χ3n) is 3.69. The van der Waals surface area contributed by atoms with Crippen molar-refractivity contribution in [3.8, 4) is 0 Å². The molecule has 1 unspecified atom stereocenters. The molecule has 102 valence electrons. The smallest absolute Gasteiger partial charge is 0.108 e. The molecular weight excluding hydrogens is 248 g/mol. The van der Waals surface area contributed by atoms with Gasteiger partial charge >= 0.3 is 0 Å². The molecule has 0 radical (unpaired) electrons. The van der Waals surface area contributed by atoms with Gasteiger partial charge in [-0.25, -0.2) is 0 Å². The van der Waals surface area contributed by atoms with Crippen LogP contribution in [0.2, 0.25) is 0 Å². The molecule has 0 spiro atoms. The van der Waals surface area contributed by atoms with E-state index in [-0.39, 0.29) is 6.04 Å². The van der Waals surface area contributed by atoms with Crippen LogP contribution in [-0.2, 0) is 6.42 Å². The lowest BCUT2D eigenvalue weighted by atomic mass is 9.95. The Balaban J connectivity index is 2.17. The summed E-state index contributed by atoms with van der Waals surface area (Å²) in [5.41, 5.74) is 3.45. The minimum Gasteiger partial charge on any atom is -0.469 e. The van der Waals surface area contributed by atoms with Gasteiger partial charge in [-0.1, -0.05) is 25.1 Å². The second-order valence-corrected chi connectivity index (χ2v) is 4.79. The number of benzene rings is 1. The van der Waals surface area contributed by atoms with Gasteiger partial charge in [0.05, 0.1) is 17.8 Å². The summed E-state index contributed by atoms with van der Waals surface area (Å²) in [6.07, 6.45) is 4.49. The van der Waals surface area contributed by atoms with Crippen LogP contribution in [0.5, 0.6) is 0 Å². The zero-order valence-electron chi connectivity index (χ0n) is 11.8. The van der Waals surface area contributed by atoms with Crippen molar-refractivity contribution in [1.29, 1.82) is 0 Å². The van der Waals surface area contributed by atoms with Crippen molar-refractivity contribution in [1.82, 2.24) is 10.3 Å². The Kier molecular flexibility index (Phi) is 3.52. The van der Waals surface area contributed by atoms with Crippen LogP contribution in [0.15, 0.2) is 53.3 Å². The number of aromatic nitrogens is 1. The maximum Gasteiger partial charge on any atom is 0.108 e. The second kappa shape index (κ2) is 5.47. The maximum absolute atomic E-state index is 5.57. The normalized spacial score (nSPS) is 12.7. The average molecular weight is 266 g/mol. The summed E-state index contributed by atoms with van der Waals surface area (Å²) in [5.74, 6) is 1.03. The van der Waals surface area contributed by atoms with Gasteiger partial charge in [0.1, 0.15) is 5.76 Å². The van der Waals surface area contributed by atoms with E-state index in [2.05, 4.69) is 41.5 Å². The third-order valence-corrected chi connectivity index (χ3v) is 3.69. The largest absolute Gasteiger partial charge is 0.469 e. The fourth-order valence-corrected chi connectivity index (χ4v) is 2.75. The number of fused-ring (bicyclic) bond motifs is 1. The molecule has 20 heavy (non-hydrogen) atoms. The first-order chi connectivity index (χ1) is 9.85. The summed E-state index contributed by atoms with van der Waals surface area (Å²) in [4.78, 5) is 4.43. The monoisotopic (exact) mass is 266 g/mol. The minimum absolute atomic E-state index is 0.122. The quantitative estimate of drug-likeness (QED) is 0.782. The van der Waals surface area contributed by atoms with Gasteiger partial charge in [0, 0.05) is 23.6 Å². The van der Waals surface area contributed by atoms with Gasteiger partial charge in [0.2, 0.25) is 0 Å². The summed E-state index contributed by atoms with van der Waals surface area (Å²) in [7, 11) is 1.98. The molecule has 0 aliphatic heterocycles. The second-order valence-electron chi connectivity index (χ2n) is 4.79. The summed E-state index contributed by atoms with van der Waals surface area (Å²) in [5, 5.41) is 4.58. The molecule has 0 saturated heterocycles. The van der Waals surface area contributed by atoms with Crippen molar-refractivity contribution in [2.45, 2.75) is 19.4 Å². The number of nitrogens with zero attached hydrogens (tertiary/aromatic N) is 1. The van der Waals surface area contributed by atoms with E-state index in [4.69, 9.17) is 4.42 Å². The highest BCUT2D eigenvalue weighted by Crippen LogP contribution is 2.30. The number of nitrogens with one attached hydrogen (secondary N) is 1. The molecule has 0 aliphatic rings. The zero-order chi connectivity index (χ0) is 13.9. The number of hydrogen-bond donors (Lipinski definition) is 1. The first kappa shape index (κ1) is 12.9. The molecule has 0 amide bonds. The molecule has 2 aromatic heterocycles. The van der Waals surface area contributed by atoms with E-state index >= 15 is 0 Å². The Hall–Kier alpha value is -2.13. The van der Waals surface area contributed by atoms with Crippen LogP contribution in [-0.4, -0.2) is 12.0 Å². The van der Waals surface area contributed by atoms with Crippen molar-refractivity contribution in [3.63, 3.8) is 0 Å². The first-order valence-corrected chi connectivity index (χ1v) is 6.92. The molecule has 3 nitrogen and oxygen atoms in total. The molecule has 0 bridgehead atoms. The summed E-state index contributed by atoms with van der Waals surface area (Å²) in [6, 6.07) is 12.5. The lowest BCUT2D eigenvalue weighted by Crippen LogP contribution is -2.18. The van der Waals surface area contributed by atoms with E-state index in [9.17, 15) is 0 Å². The molecule has 1 aromatic carbocycles. The highest BCUT2D eigenvalue weighted by molar-refractivity contribution is 5.83. The molecule has 0 saturated carbocycles. The lowest BCUT2D eigenvalue weighted by molar-refractivity contribution is 0.505.